The quantitative estimate of drug-likeness (QED) is 0.625. The van der Waals surface area contributed by atoms with Crippen LogP contribution in [0.15, 0.2) is 0 Å². The number of nitrogens with zero attached hydrogens (tertiary/aromatic N) is 1. The average Bonchev–Trinajstić information content (AvgIpc) is 2.15. The first-order valence-corrected chi connectivity index (χ1v) is 4.84. The van der Waals surface area contributed by atoms with E-state index in [4.69, 9.17) is 5.73 Å². The zero-order valence-electron chi connectivity index (χ0n) is 8.84. The summed E-state index contributed by atoms with van der Waals surface area (Å²) in [6, 6.07) is 0.0630. The van der Waals surface area contributed by atoms with E-state index in [1.165, 1.54) is 0 Å². The normalized spacial score (nSPS) is 12.3. The lowest BCUT2D eigenvalue weighted by molar-refractivity contribution is 0.195. The molecule has 3 N–H and O–H groups in total. The number of likely N-dealkylation sites (N-methyl/N-ethyl adjacent to an activating group) is 1. The molecule has 0 bridgehead atoms. The van der Waals surface area contributed by atoms with Crippen LogP contribution in [0.5, 0.6) is 0 Å². The first-order chi connectivity index (χ1) is 6.13. The lowest BCUT2D eigenvalue weighted by atomic mass is 10.3. The molecule has 0 aliphatic carbocycles. The Hall–Kier alpha value is -0.770. The van der Waals surface area contributed by atoms with E-state index in [1.807, 2.05) is 6.92 Å². The van der Waals surface area contributed by atoms with E-state index in [-0.39, 0.29) is 12.1 Å². The Morgan fingerprint density at radius 3 is 2.69 bits per heavy atom. The van der Waals surface area contributed by atoms with Gasteiger partial charge < -0.3 is 16.0 Å². The molecule has 0 fully saturated rings. The minimum atomic E-state index is -0.0357. The third-order valence-corrected chi connectivity index (χ3v) is 2.13. The maximum Gasteiger partial charge on any atom is 0.317 e. The molecule has 1 atom stereocenters. The molecule has 78 valence electrons. The van der Waals surface area contributed by atoms with E-state index >= 15 is 0 Å². The molecule has 0 rings (SSSR count). The van der Waals surface area contributed by atoms with Gasteiger partial charge in [-0.25, -0.2) is 4.79 Å². The number of hydrogen-bond acceptors (Lipinski definition) is 2. The van der Waals surface area contributed by atoms with Crippen LogP contribution in [0.4, 0.5) is 4.79 Å². The van der Waals surface area contributed by atoms with Gasteiger partial charge in [-0.05, 0) is 13.3 Å². The molecular formula is C9H21N3O. The Balaban J connectivity index is 3.69. The van der Waals surface area contributed by atoms with Gasteiger partial charge in [0.25, 0.3) is 0 Å². The molecule has 1 unspecified atom stereocenters. The van der Waals surface area contributed by atoms with Crippen molar-refractivity contribution in [2.24, 2.45) is 5.73 Å². The number of amides is 2. The number of carbonyl (C=O) groups excluding carboxylic acids is 1. The Kier molecular flexibility index (Phi) is 6.32. The van der Waals surface area contributed by atoms with Crippen LogP contribution in [0.3, 0.4) is 0 Å². The molecule has 0 saturated heterocycles. The van der Waals surface area contributed by atoms with Crippen molar-refractivity contribution in [3.8, 4) is 0 Å². The Labute approximate surface area is 80.5 Å². The summed E-state index contributed by atoms with van der Waals surface area (Å²) in [6.45, 7) is 5.27. The van der Waals surface area contributed by atoms with Gasteiger partial charge in [-0.15, -0.1) is 0 Å². The van der Waals surface area contributed by atoms with E-state index in [2.05, 4.69) is 12.2 Å². The highest BCUT2D eigenvalue weighted by Gasteiger charge is 2.12. The SMILES string of the molecule is CCCCNC(=O)N(C)C(C)CN. The Bertz CT molecular complexity index is 150. The molecule has 0 spiro atoms. The van der Waals surface area contributed by atoms with Gasteiger partial charge in [0.15, 0.2) is 0 Å². The number of nitrogens with one attached hydrogen (secondary N) is 1. The monoisotopic (exact) mass is 187 g/mol. The average molecular weight is 187 g/mol. The number of nitrogens with two attached hydrogens (primary N) is 1. The van der Waals surface area contributed by atoms with Crippen LogP contribution >= 0.6 is 0 Å². The van der Waals surface area contributed by atoms with Crippen LogP contribution in [0.2, 0.25) is 0 Å². The molecule has 4 heteroatoms. The molecule has 0 aliphatic rings. The van der Waals surface area contributed by atoms with Crippen molar-refractivity contribution in [1.82, 2.24) is 10.2 Å². The van der Waals surface area contributed by atoms with Crippen molar-refractivity contribution in [2.75, 3.05) is 20.1 Å². The van der Waals surface area contributed by atoms with Crippen LogP contribution in [0.1, 0.15) is 26.7 Å². The summed E-state index contributed by atoms with van der Waals surface area (Å²) in [6.07, 6.45) is 2.12. The highest BCUT2D eigenvalue weighted by molar-refractivity contribution is 5.74. The van der Waals surface area contributed by atoms with Crippen LogP contribution in [-0.4, -0.2) is 37.1 Å². The third-order valence-electron chi connectivity index (χ3n) is 2.13. The van der Waals surface area contributed by atoms with Gasteiger partial charge in [0, 0.05) is 26.2 Å². The van der Waals surface area contributed by atoms with Gasteiger partial charge >= 0.3 is 6.03 Å². The van der Waals surface area contributed by atoms with Crippen LogP contribution < -0.4 is 11.1 Å². The summed E-state index contributed by atoms with van der Waals surface area (Å²) in [5, 5.41) is 2.83. The largest absolute Gasteiger partial charge is 0.338 e. The lowest BCUT2D eigenvalue weighted by Gasteiger charge is -2.23. The zero-order chi connectivity index (χ0) is 10.3. The smallest absolute Gasteiger partial charge is 0.317 e. The fourth-order valence-corrected chi connectivity index (χ4v) is 0.855. The van der Waals surface area contributed by atoms with Crippen molar-refractivity contribution in [3.63, 3.8) is 0 Å². The molecule has 13 heavy (non-hydrogen) atoms. The predicted molar refractivity (Wildman–Crippen MR) is 54.6 cm³/mol. The second kappa shape index (κ2) is 6.71. The van der Waals surface area contributed by atoms with Crippen LogP contribution in [0.25, 0.3) is 0 Å². The topological polar surface area (TPSA) is 58.4 Å². The molecular weight excluding hydrogens is 166 g/mol. The standard InChI is InChI=1S/C9H21N3O/c1-4-5-6-11-9(13)12(3)8(2)7-10/h8H,4-7,10H2,1-3H3,(H,11,13). The summed E-state index contributed by atoms with van der Waals surface area (Å²) in [5.41, 5.74) is 5.44. The fourth-order valence-electron chi connectivity index (χ4n) is 0.855. The molecule has 2 amide bonds. The maximum absolute atomic E-state index is 11.4. The Morgan fingerprint density at radius 2 is 2.23 bits per heavy atom. The van der Waals surface area contributed by atoms with Crippen LogP contribution in [-0.2, 0) is 0 Å². The second-order valence-corrected chi connectivity index (χ2v) is 3.28. The van der Waals surface area contributed by atoms with Crippen molar-refractivity contribution in [1.29, 1.82) is 0 Å². The van der Waals surface area contributed by atoms with E-state index in [0.717, 1.165) is 19.4 Å². The molecule has 4 nitrogen and oxygen atoms in total. The summed E-state index contributed by atoms with van der Waals surface area (Å²) in [7, 11) is 1.76. The molecule has 0 aliphatic heterocycles. The summed E-state index contributed by atoms with van der Waals surface area (Å²) < 4.78 is 0. The first kappa shape index (κ1) is 12.2. The van der Waals surface area contributed by atoms with E-state index < -0.39 is 0 Å². The number of unbranched alkanes of at least 4 members (excludes halogenated alkanes) is 1. The van der Waals surface area contributed by atoms with Crippen molar-refractivity contribution >= 4 is 6.03 Å². The van der Waals surface area contributed by atoms with E-state index in [1.54, 1.807) is 11.9 Å². The van der Waals surface area contributed by atoms with Gasteiger partial charge in [0.1, 0.15) is 0 Å². The maximum atomic E-state index is 11.4. The summed E-state index contributed by atoms with van der Waals surface area (Å²) in [4.78, 5) is 13.0. The first-order valence-electron chi connectivity index (χ1n) is 4.84. The van der Waals surface area contributed by atoms with Gasteiger partial charge in [-0.2, -0.15) is 0 Å². The van der Waals surface area contributed by atoms with Gasteiger partial charge in [-0.3, -0.25) is 0 Å². The van der Waals surface area contributed by atoms with E-state index in [9.17, 15) is 4.79 Å². The minimum Gasteiger partial charge on any atom is -0.338 e. The molecule has 0 aromatic heterocycles. The molecule has 0 heterocycles. The Morgan fingerprint density at radius 1 is 1.62 bits per heavy atom. The summed E-state index contributed by atoms with van der Waals surface area (Å²) >= 11 is 0. The van der Waals surface area contributed by atoms with Crippen molar-refractivity contribution in [2.45, 2.75) is 32.7 Å². The minimum absolute atomic E-state index is 0.0357. The number of urea groups is 1. The number of rotatable bonds is 5. The van der Waals surface area contributed by atoms with Gasteiger partial charge in [0.05, 0.1) is 0 Å². The second-order valence-electron chi connectivity index (χ2n) is 3.28. The predicted octanol–water partition coefficient (Wildman–Crippen LogP) is 0.775. The highest BCUT2D eigenvalue weighted by atomic mass is 16.2. The molecule has 0 saturated carbocycles. The molecule has 0 aromatic rings. The lowest BCUT2D eigenvalue weighted by Crippen LogP contribution is -2.45. The van der Waals surface area contributed by atoms with Crippen molar-refractivity contribution in [3.05, 3.63) is 0 Å². The van der Waals surface area contributed by atoms with Crippen molar-refractivity contribution < 1.29 is 4.79 Å². The molecule has 0 aromatic carbocycles. The third kappa shape index (κ3) is 4.72. The number of carbonyl (C=O) groups is 1. The zero-order valence-corrected chi connectivity index (χ0v) is 8.84. The number of hydrogen-bond donors (Lipinski definition) is 2. The fraction of sp³-hybridized carbons (Fsp3) is 0.889. The highest BCUT2D eigenvalue weighted by Crippen LogP contribution is 1.93. The molecule has 0 radical (unpaired) electrons. The van der Waals surface area contributed by atoms with Gasteiger partial charge in [-0.1, -0.05) is 13.3 Å². The van der Waals surface area contributed by atoms with Crippen LogP contribution in [0, 0.1) is 0 Å². The van der Waals surface area contributed by atoms with E-state index in [0.29, 0.717) is 6.54 Å². The summed E-state index contributed by atoms with van der Waals surface area (Å²) in [5.74, 6) is 0. The van der Waals surface area contributed by atoms with Gasteiger partial charge in [0.2, 0.25) is 0 Å².